The Balaban J connectivity index is 0.888. The van der Waals surface area contributed by atoms with Crippen LogP contribution in [0.3, 0.4) is 0 Å². The zero-order chi connectivity index (χ0) is 60.0. The van der Waals surface area contributed by atoms with Gasteiger partial charge >= 0.3 is 0 Å². The molecule has 0 saturated carbocycles. The predicted octanol–water partition coefficient (Wildman–Crippen LogP) is 15.0. The van der Waals surface area contributed by atoms with E-state index in [0.717, 1.165) is 23.0 Å². The minimum Gasteiger partial charge on any atom is -0.493 e. The van der Waals surface area contributed by atoms with Gasteiger partial charge in [-0.25, -0.2) is 0 Å². The average Bonchev–Trinajstić information content (AvgIpc) is 3.56. The molecule has 0 radical (unpaired) electrons. The van der Waals surface area contributed by atoms with Gasteiger partial charge in [-0.05, 0) is 148 Å². The van der Waals surface area contributed by atoms with Crippen LogP contribution in [0.4, 0.5) is 0 Å². The van der Waals surface area contributed by atoms with E-state index in [1.54, 1.807) is 0 Å². The largest absolute Gasteiger partial charge is 0.493 e. The molecule has 0 bridgehead atoms. The summed E-state index contributed by atoms with van der Waals surface area (Å²) in [4.78, 5) is 0. The molecule has 0 aromatic heterocycles. The first-order chi connectivity index (χ1) is 41.3. The lowest BCUT2D eigenvalue weighted by atomic mass is 10.1. The SMILES string of the molecule is Cc1cc(C)cc(OCCCOc2cc(OCCCOc3cc(C)cc(C)c3)cc(OCCCOc3cc(OCCCO)cc(OCCCOc4cc(OCCCOc5cc(C)cc(C)c5)cc(OCCCOc5cc(C)cc(C)c5)c4)c3)c2)c1. The van der Waals surface area contributed by atoms with Gasteiger partial charge in [0, 0.05) is 106 Å². The minimum atomic E-state index is 0.0177. The molecule has 7 rings (SSSR count). The molecule has 0 aliphatic heterocycles. The molecule has 0 fully saturated rings. The van der Waals surface area contributed by atoms with Crippen molar-refractivity contribution in [3.8, 4) is 74.7 Å². The second-order valence-electron chi connectivity index (χ2n) is 21.4. The zero-order valence-electron chi connectivity index (χ0n) is 51.2. The van der Waals surface area contributed by atoms with Gasteiger partial charge < -0.3 is 66.7 Å². The number of aryl methyl sites for hydroxylation is 8. The van der Waals surface area contributed by atoms with Crippen molar-refractivity contribution >= 4 is 0 Å². The van der Waals surface area contributed by atoms with Gasteiger partial charge in [0.25, 0.3) is 0 Å². The Kier molecular flexibility index (Phi) is 26.7. The highest BCUT2D eigenvalue weighted by atomic mass is 16.5. The Morgan fingerprint density at radius 3 is 0.424 bits per heavy atom. The van der Waals surface area contributed by atoms with Gasteiger partial charge in [0.05, 0.1) is 85.9 Å². The molecule has 0 spiro atoms. The van der Waals surface area contributed by atoms with Crippen LogP contribution < -0.4 is 61.6 Å². The van der Waals surface area contributed by atoms with Gasteiger partial charge in [-0.1, -0.05) is 24.3 Å². The second kappa shape index (κ2) is 35.3. The second-order valence-corrected chi connectivity index (χ2v) is 21.4. The molecular weight excluding hydrogens is 1080 g/mol. The molecule has 7 aromatic rings. The molecule has 0 heterocycles. The molecule has 85 heavy (non-hydrogen) atoms. The van der Waals surface area contributed by atoms with E-state index in [4.69, 9.17) is 61.6 Å². The fourth-order valence-electron chi connectivity index (χ4n) is 9.34. The zero-order valence-corrected chi connectivity index (χ0v) is 51.2. The number of ether oxygens (including phenoxy) is 13. The van der Waals surface area contributed by atoms with Gasteiger partial charge in [0.15, 0.2) is 0 Å². The number of hydrogen-bond donors (Lipinski definition) is 1. The molecule has 456 valence electrons. The Morgan fingerprint density at radius 1 is 0.176 bits per heavy atom. The number of aliphatic hydroxyl groups excluding tert-OH is 1. The normalized spacial score (nSPS) is 10.9. The Morgan fingerprint density at radius 2 is 0.294 bits per heavy atom. The third-order valence-corrected chi connectivity index (χ3v) is 12.9. The highest BCUT2D eigenvalue weighted by Crippen LogP contribution is 2.32. The van der Waals surface area contributed by atoms with E-state index < -0.39 is 0 Å². The van der Waals surface area contributed by atoms with Gasteiger partial charge in [0.2, 0.25) is 0 Å². The van der Waals surface area contributed by atoms with Crippen molar-refractivity contribution in [2.75, 3.05) is 92.5 Å². The predicted molar refractivity (Wildman–Crippen MR) is 334 cm³/mol. The van der Waals surface area contributed by atoms with Gasteiger partial charge in [0.1, 0.15) is 74.7 Å². The van der Waals surface area contributed by atoms with Crippen LogP contribution in [0, 0.1) is 55.4 Å². The minimum absolute atomic E-state index is 0.0177. The summed E-state index contributed by atoms with van der Waals surface area (Å²) in [7, 11) is 0. The number of benzene rings is 7. The number of rotatable bonds is 40. The maximum absolute atomic E-state index is 9.44. The van der Waals surface area contributed by atoms with Crippen LogP contribution in [-0.2, 0) is 0 Å². The summed E-state index contributed by atoms with van der Waals surface area (Å²) in [5.41, 5.74) is 9.33. The lowest BCUT2D eigenvalue weighted by molar-refractivity contribution is 0.225. The molecule has 0 aliphatic rings. The van der Waals surface area contributed by atoms with Crippen LogP contribution in [0.2, 0.25) is 0 Å². The molecule has 1 N–H and O–H groups in total. The molecule has 0 saturated heterocycles. The van der Waals surface area contributed by atoms with Crippen LogP contribution in [0.1, 0.15) is 89.5 Å². The first-order valence-corrected chi connectivity index (χ1v) is 29.8. The lowest BCUT2D eigenvalue weighted by Gasteiger charge is -2.15. The standard InChI is InChI=1S/C71H88O14/c1-51-30-52(2)35-59(34-51)74-18-10-22-78-66-45-67(79-23-11-19-75-60-36-53(3)31-54(4)37-60)48-70(47-66)84-28-14-26-82-64-42-63(73-17-9-16-72)43-65(44-64)83-27-15-29-85-71-49-68(80-24-12-20-76-61-38-55(5)32-56(6)39-61)46-69(50-71)81-25-13-21-77-62-40-57(7)33-58(8)41-62/h30-50,72H,9-29H2,1-8H3. The van der Waals surface area contributed by atoms with Gasteiger partial charge in [-0.15, -0.1) is 0 Å². The summed E-state index contributed by atoms with van der Waals surface area (Å²) in [5, 5.41) is 9.44. The van der Waals surface area contributed by atoms with E-state index in [2.05, 4.69) is 79.7 Å². The van der Waals surface area contributed by atoms with Crippen molar-refractivity contribution in [1.29, 1.82) is 0 Å². The maximum Gasteiger partial charge on any atom is 0.126 e. The monoisotopic (exact) mass is 1160 g/mol. The Hall–Kier alpha value is -8.10. The molecular formula is C71H88O14. The van der Waals surface area contributed by atoms with Crippen molar-refractivity contribution in [3.63, 3.8) is 0 Å². The van der Waals surface area contributed by atoms with Crippen molar-refractivity contribution in [2.24, 2.45) is 0 Å². The Bertz CT molecular complexity index is 2680. The molecule has 14 heteroatoms. The third kappa shape index (κ3) is 24.9. The van der Waals surface area contributed by atoms with Crippen molar-refractivity contribution in [2.45, 2.75) is 100 Å². The molecule has 0 aliphatic carbocycles. The van der Waals surface area contributed by atoms with Gasteiger partial charge in [-0.3, -0.25) is 0 Å². The van der Waals surface area contributed by atoms with Crippen LogP contribution in [0.15, 0.2) is 127 Å². The maximum atomic E-state index is 9.44. The number of aliphatic hydroxyl groups is 1. The lowest BCUT2D eigenvalue weighted by Crippen LogP contribution is -2.08. The van der Waals surface area contributed by atoms with E-state index in [-0.39, 0.29) is 6.61 Å². The molecule has 0 atom stereocenters. The number of hydrogen-bond acceptors (Lipinski definition) is 14. The van der Waals surface area contributed by atoms with Crippen LogP contribution >= 0.6 is 0 Å². The van der Waals surface area contributed by atoms with E-state index in [1.807, 2.05) is 103 Å². The molecule has 0 unspecified atom stereocenters. The highest BCUT2D eigenvalue weighted by Gasteiger charge is 2.11. The van der Waals surface area contributed by atoms with Crippen molar-refractivity contribution in [1.82, 2.24) is 0 Å². The fraction of sp³-hybridized carbons (Fsp3) is 0.408. The van der Waals surface area contributed by atoms with Crippen LogP contribution in [-0.4, -0.2) is 97.6 Å². The first kappa shape index (κ1) is 64.5. The van der Waals surface area contributed by atoms with Gasteiger partial charge in [-0.2, -0.15) is 0 Å². The van der Waals surface area contributed by atoms with E-state index in [9.17, 15) is 5.11 Å². The van der Waals surface area contributed by atoms with Crippen LogP contribution in [0.25, 0.3) is 0 Å². The highest BCUT2D eigenvalue weighted by molar-refractivity contribution is 5.45. The van der Waals surface area contributed by atoms with Crippen LogP contribution in [0.5, 0.6) is 74.7 Å². The summed E-state index contributed by atoms with van der Waals surface area (Å²) in [6.45, 7) is 22.3. The van der Waals surface area contributed by atoms with E-state index in [0.29, 0.717) is 183 Å². The van der Waals surface area contributed by atoms with E-state index in [1.165, 1.54) is 44.5 Å². The van der Waals surface area contributed by atoms with Crippen molar-refractivity contribution in [3.05, 3.63) is 172 Å². The summed E-state index contributed by atoms with van der Waals surface area (Å²) in [6.07, 6.45) is 4.43. The average molecular weight is 1170 g/mol. The summed E-state index contributed by atoms with van der Waals surface area (Å²) < 4.78 is 79.9. The quantitative estimate of drug-likeness (QED) is 0.0364. The third-order valence-electron chi connectivity index (χ3n) is 12.9. The smallest absolute Gasteiger partial charge is 0.126 e. The molecule has 0 amide bonds. The first-order valence-electron chi connectivity index (χ1n) is 29.8. The summed E-state index contributed by atoms with van der Waals surface area (Å²) in [6, 6.07) is 41.6. The molecule has 14 nitrogen and oxygen atoms in total. The summed E-state index contributed by atoms with van der Waals surface area (Å²) in [5.74, 6) is 8.97. The van der Waals surface area contributed by atoms with Crippen molar-refractivity contribution < 1.29 is 66.7 Å². The summed E-state index contributed by atoms with van der Waals surface area (Å²) >= 11 is 0. The topological polar surface area (TPSA) is 140 Å². The van der Waals surface area contributed by atoms with E-state index >= 15 is 0 Å². The Labute approximate surface area is 504 Å². The fourth-order valence-corrected chi connectivity index (χ4v) is 9.34. The molecule has 7 aromatic carbocycles.